The van der Waals surface area contributed by atoms with Crippen LogP contribution < -0.4 is 5.32 Å². The van der Waals surface area contributed by atoms with Crippen LogP contribution >= 0.6 is 0 Å². The van der Waals surface area contributed by atoms with Crippen molar-refractivity contribution >= 4 is 5.91 Å². The molecule has 0 saturated carbocycles. The zero-order valence-electron chi connectivity index (χ0n) is 14.2. The summed E-state index contributed by atoms with van der Waals surface area (Å²) in [7, 11) is 0. The SMILES string of the molecule is Cc1cc(C)c(C(=O)NCC(O)(c2ccccc2)C(F)(F)F)c(C)c1. The first kappa shape index (κ1) is 19.0. The van der Waals surface area contributed by atoms with E-state index in [0.29, 0.717) is 16.7 Å². The highest BCUT2D eigenvalue weighted by Gasteiger charge is 2.55. The second-order valence-corrected chi connectivity index (χ2v) is 6.18. The van der Waals surface area contributed by atoms with Gasteiger partial charge in [0.05, 0.1) is 6.54 Å². The van der Waals surface area contributed by atoms with Crippen LogP contribution in [0.5, 0.6) is 0 Å². The highest BCUT2D eigenvalue weighted by Crippen LogP contribution is 2.38. The number of aliphatic hydroxyl groups is 1. The fourth-order valence-corrected chi connectivity index (χ4v) is 2.91. The largest absolute Gasteiger partial charge is 0.423 e. The lowest BCUT2D eigenvalue weighted by atomic mass is 9.92. The van der Waals surface area contributed by atoms with E-state index in [2.05, 4.69) is 5.32 Å². The number of carbonyl (C=O) groups is 1. The fourth-order valence-electron chi connectivity index (χ4n) is 2.91. The first-order chi connectivity index (χ1) is 11.6. The van der Waals surface area contributed by atoms with E-state index in [-0.39, 0.29) is 5.56 Å². The highest BCUT2D eigenvalue weighted by atomic mass is 19.4. The van der Waals surface area contributed by atoms with E-state index in [4.69, 9.17) is 0 Å². The van der Waals surface area contributed by atoms with Crippen LogP contribution in [0, 0.1) is 20.8 Å². The average molecular weight is 351 g/mol. The van der Waals surface area contributed by atoms with Gasteiger partial charge in [-0.15, -0.1) is 0 Å². The standard InChI is InChI=1S/C19H20F3NO2/c1-12-9-13(2)16(14(3)10-12)17(24)23-11-18(25,19(20,21)22)15-7-5-4-6-8-15/h4-10,25H,11H2,1-3H3,(H,23,24). The predicted molar refractivity (Wildman–Crippen MR) is 89.4 cm³/mol. The van der Waals surface area contributed by atoms with E-state index >= 15 is 0 Å². The molecule has 0 spiro atoms. The summed E-state index contributed by atoms with van der Waals surface area (Å²) in [6.07, 6.45) is -4.93. The van der Waals surface area contributed by atoms with Crippen LogP contribution in [0.1, 0.15) is 32.6 Å². The minimum atomic E-state index is -4.93. The van der Waals surface area contributed by atoms with Gasteiger partial charge in [0, 0.05) is 5.56 Å². The maximum Gasteiger partial charge on any atom is 0.423 e. The fraction of sp³-hybridized carbons (Fsp3) is 0.316. The van der Waals surface area contributed by atoms with Crippen molar-refractivity contribution in [2.45, 2.75) is 32.5 Å². The first-order valence-corrected chi connectivity index (χ1v) is 7.77. The Kier molecular flexibility index (Phi) is 5.23. The van der Waals surface area contributed by atoms with Crippen molar-refractivity contribution in [3.8, 4) is 0 Å². The molecule has 3 nitrogen and oxygen atoms in total. The van der Waals surface area contributed by atoms with Crippen molar-refractivity contribution in [3.05, 3.63) is 70.3 Å². The van der Waals surface area contributed by atoms with E-state index < -0.39 is 24.2 Å². The van der Waals surface area contributed by atoms with Gasteiger partial charge in [-0.3, -0.25) is 4.79 Å². The van der Waals surface area contributed by atoms with Gasteiger partial charge in [0.25, 0.3) is 5.91 Å². The summed E-state index contributed by atoms with van der Waals surface area (Å²) in [5.41, 5.74) is -0.849. The smallest absolute Gasteiger partial charge is 0.375 e. The quantitative estimate of drug-likeness (QED) is 0.880. The second kappa shape index (κ2) is 6.88. The Morgan fingerprint density at radius 3 is 2.04 bits per heavy atom. The van der Waals surface area contributed by atoms with Crippen LogP contribution in [0.4, 0.5) is 13.2 Å². The normalized spacial score (nSPS) is 14.0. The molecule has 2 aromatic carbocycles. The van der Waals surface area contributed by atoms with Gasteiger partial charge in [0.2, 0.25) is 5.60 Å². The molecule has 0 radical (unpaired) electrons. The van der Waals surface area contributed by atoms with Gasteiger partial charge >= 0.3 is 6.18 Å². The Hall–Kier alpha value is -2.34. The monoisotopic (exact) mass is 351 g/mol. The van der Waals surface area contributed by atoms with Gasteiger partial charge in [0.15, 0.2) is 0 Å². The summed E-state index contributed by atoms with van der Waals surface area (Å²) in [6.45, 7) is 4.36. The summed E-state index contributed by atoms with van der Waals surface area (Å²) >= 11 is 0. The first-order valence-electron chi connectivity index (χ1n) is 7.77. The molecular weight excluding hydrogens is 331 g/mol. The van der Waals surface area contributed by atoms with E-state index in [1.54, 1.807) is 32.0 Å². The summed E-state index contributed by atoms with van der Waals surface area (Å²) in [4.78, 5) is 12.4. The molecule has 0 bridgehead atoms. The lowest BCUT2D eigenvalue weighted by Crippen LogP contribution is -2.51. The van der Waals surface area contributed by atoms with Crippen LogP contribution in [0.2, 0.25) is 0 Å². The predicted octanol–water partition coefficient (Wildman–Crippen LogP) is 3.79. The van der Waals surface area contributed by atoms with Crippen molar-refractivity contribution in [1.29, 1.82) is 0 Å². The van der Waals surface area contributed by atoms with Crippen molar-refractivity contribution in [3.63, 3.8) is 0 Å². The van der Waals surface area contributed by atoms with Gasteiger partial charge in [-0.2, -0.15) is 13.2 Å². The molecule has 1 unspecified atom stereocenters. The number of benzene rings is 2. The zero-order chi connectivity index (χ0) is 18.8. The van der Waals surface area contributed by atoms with Crippen molar-refractivity contribution in [2.75, 3.05) is 6.54 Å². The molecule has 0 heterocycles. The minimum absolute atomic E-state index is 0.319. The molecule has 6 heteroatoms. The number of rotatable bonds is 4. The molecule has 2 aromatic rings. The third-order valence-corrected chi connectivity index (χ3v) is 4.13. The Balaban J connectivity index is 2.30. The zero-order valence-corrected chi connectivity index (χ0v) is 14.2. The van der Waals surface area contributed by atoms with E-state index in [1.165, 1.54) is 24.3 Å². The number of amides is 1. The lowest BCUT2D eigenvalue weighted by molar-refractivity contribution is -0.263. The van der Waals surface area contributed by atoms with Crippen LogP contribution in [0.15, 0.2) is 42.5 Å². The summed E-state index contributed by atoms with van der Waals surface area (Å²) < 4.78 is 40.4. The molecule has 25 heavy (non-hydrogen) atoms. The molecule has 0 aliphatic heterocycles. The Labute approximate surface area is 144 Å². The number of nitrogens with one attached hydrogen (secondary N) is 1. The Bertz CT molecular complexity index is 749. The molecule has 0 aromatic heterocycles. The minimum Gasteiger partial charge on any atom is -0.375 e. The van der Waals surface area contributed by atoms with Crippen molar-refractivity contribution in [2.24, 2.45) is 0 Å². The van der Waals surface area contributed by atoms with Crippen LogP contribution in [-0.4, -0.2) is 23.7 Å². The topological polar surface area (TPSA) is 49.3 Å². The lowest BCUT2D eigenvalue weighted by Gasteiger charge is -2.31. The van der Waals surface area contributed by atoms with Crippen LogP contribution in [0.3, 0.4) is 0 Å². The van der Waals surface area contributed by atoms with Gasteiger partial charge in [-0.05, 0) is 37.5 Å². The molecular formula is C19H20F3NO2. The van der Waals surface area contributed by atoms with E-state index in [1.807, 2.05) is 6.92 Å². The highest BCUT2D eigenvalue weighted by molar-refractivity contribution is 5.97. The van der Waals surface area contributed by atoms with Crippen molar-refractivity contribution in [1.82, 2.24) is 5.32 Å². The molecule has 1 atom stereocenters. The average Bonchev–Trinajstić information content (AvgIpc) is 2.51. The van der Waals surface area contributed by atoms with E-state index in [9.17, 15) is 23.1 Å². The van der Waals surface area contributed by atoms with Crippen LogP contribution in [0.25, 0.3) is 0 Å². The number of carbonyl (C=O) groups excluding carboxylic acids is 1. The number of halogens is 3. The van der Waals surface area contributed by atoms with E-state index in [0.717, 1.165) is 5.56 Å². The Morgan fingerprint density at radius 2 is 1.56 bits per heavy atom. The third kappa shape index (κ3) is 3.85. The number of alkyl halides is 3. The summed E-state index contributed by atoms with van der Waals surface area (Å²) in [6, 6.07) is 10.3. The summed E-state index contributed by atoms with van der Waals surface area (Å²) in [5, 5.41) is 12.5. The number of hydrogen-bond donors (Lipinski definition) is 2. The van der Waals surface area contributed by atoms with Gasteiger partial charge in [-0.1, -0.05) is 48.0 Å². The molecule has 134 valence electrons. The molecule has 0 aliphatic carbocycles. The number of hydrogen-bond acceptors (Lipinski definition) is 2. The number of aryl methyl sites for hydroxylation is 3. The molecule has 0 aliphatic rings. The Morgan fingerprint density at radius 1 is 1.04 bits per heavy atom. The maximum atomic E-state index is 13.5. The molecule has 2 N–H and O–H groups in total. The maximum absolute atomic E-state index is 13.5. The van der Waals surface area contributed by atoms with Crippen molar-refractivity contribution < 1.29 is 23.1 Å². The van der Waals surface area contributed by atoms with Gasteiger partial charge in [-0.25, -0.2) is 0 Å². The molecule has 2 rings (SSSR count). The van der Waals surface area contributed by atoms with Crippen LogP contribution in [-0.2, 0) is 5.60 Å². The second-order valence-electron chi connectivity index (χ2n) is 6.18. The molecule has 0 fully saturated rings. The third-order valence-electron chi connectivity index (χ3n) is 4.13. The summed E-state index contributed by atoms with van der Waals surface area (Å²) in [5.74, 6) is -0.645. The molecule has 0 saturated heterocycles. The van der Waals surface area contributed by atoms with Gasteiger partial charge < -0.3 is 10.4 Å². The molecule has 1 amide bonds. The van der Waals surface area contributed by atoms with Gasteiger partial charge in [0.1, 0.15) is 0 Å².